The molecular formula is C24H19N3O4S. The van der Waals surface area contributed by atoms with E-state index < -0.39 is 11.9 Å². The van der Waals surface area contributed by atoms with Crippen LogP contribution >= 0.6 is 11.3 Å². The number of nitriles is 1. The molecule has 0 spiro atoms. The minimum absolute atomic E-state index is 0.220. The number of furan rings is 1. The van der Waals surface area contributed by atoms with Gasteiger partial charge in [0.05, 0.1) is 23.3 Å². The van der Waals surface area contributed by atoms with Crippen LogP contribution in [0.15, 0.2) is 46.9 Å². The first-order valence-corrected chi connectivity index (χ1v) is 10.7. The molecule has 0 aliphatic rings. The van der Waals surface area contributed by atoms with E-state index in [4.69, 9.17) is 9.15 Å². The number of hydrogen-bond acceptors (Lipinski definition) is 7. The topological polar surface area (TPSA) is 105 Å². The number of hydrogen-bond donors (Lipinski definition) is 1. The smallest absolute Gasteiger partial charge is 0.348 e. The van der Waals surface area contributed by atoms with Gasteiger partial charge in [-0.25, -0.2) is 9.78 Å². The summed E-state index contributed by atoms with van der Waals surface area (Å²) in [5, 5.41) is 13.4. The van der Waals surface area contributed by atoms with Gasteiger partial charge in [-0.2, -0.15) is 5.26 Å². The van der Waals surface area contributed by atoms with Gasteiger partial charge in [-0.1, -0.05) is 18.2 Å². The van der Waals surface area contributed by atoms with E-state index in [1.165, 1.54) is 0 Å². The monoisotopic (exact) mass is 445 g/mol. The van der Waals surface area contributed by atoms with E-state index in [2.05, 4.69) is 16.4 Å². The van der Waals surface area contributed by atoms with Gasteiger partial charge in [-0.05, 0) is 50.6 Å². The number of para-hydroxylation sites is 1. The SMILES string of the molecule is CCOC(=O)c1sc(NC(=O)c2cc(-c3ccc(C)o3)nc3ccccc23)c(C#N)c1C. The molecular weight excluding hydrogens is 426 g/mol. The van der Waals surface area contributed by atoms with Crippen LogP contribution in [0.4, 0.5) is 5.00 Å². The summed E-state index contributed by atoms with van der Waals surface area (Å²) in [7, 11) is 0. The molecule has 4 aromatic rings. The first kappa shape index (κ1) is 21.3. The van der Waals surface area contributed by atoms with Crippen molar-refractivity contribution in [2.45, 2.75) is 20.8 Å². The van der Waals surface area contributed by atoms with Crippen molar-refractivity contribution in [3.05, 3.63) is 69.8 Å². The second-order valence-electron chi connectivity index (χ2n) is 7.03. The molecule has 0 saturated carbocycles. The molecule has 0 aliphatic carbocycles. The molecule has 0 atom stereocenters. The Hall–Kier alpha value is -3.96. The van der Waals surface area contributed by atoms with E-state index in [1.54, 1.807) is 26.0 Å². The highest BCUT2D eigenvalue weighted by Crippen LogP contribution is 2.34. The Morgan fingerprint density at radius 1 is 1.22 bits per heavy atom. The highest BCUT2D eigenvalue weighted by atomic mass is 32.1. The van der Waals surface area contributed by atoms with Gasteiger partial charge in [0.1, 0.15) is 27.4 Å². The Bertz CT molecular complexity index is 1390. The lowest BCUT2D eigenvalue weighted by atomic mass is 10.1. The highest BCUT2D eigenvalue weighted by Gasteiger charge is 2.23. The molecule has 7 nitrogen and oxygen atoms in total. The molecule has 32 heavy (non-hydrogen) atoms. The number of nitrogens with zero attached hydrogens (tertiary/aromatic N) is 2. The Labute approximate surface area is 188 Å². The predicted molar refractivity (Wildman–Crippen MR) is 122 cm³/mol. The van der Waals surface area contributed by atoms with E-state index in [1.807, 2.05) is 37.3 Å². The van der Waals surface area contributed by atoms with Crippen LogP contribution in [0, 0.1) is 25.2 Å². The van der Waals surface area contributed by atoms with Crippen LogP contribution in [0.2, 0.25) is 0 Å². The summed E-state index contributed by atoms with van der Waals surface area (Å²) in [4.78, 5) is 30.5. The predicted octanol–water partition coefficient (Wildman–Crippen LogP) is 5.47. The van der Waals surface area contributed by atoms with E-state index in [-0.39, 0.29) is 12.2 Å². The molecule has 3 aromatic heterocycles. The van der Waals surface area contributed by atoms with E-state index in [0.29, 0.717) is 43.4 Å². The molecule has 1 N–H and O–H groups in total. The fourth-order valence-electron chi connectivity index (χ4n) is 3.36. The van der Waals surface area contributed by atoms with E-state index >= 15 is 0 Å². The lowest BCUT2D eigenvalue weighted by Gasteiger charge is -2.09. The lowest BCUT2D eigenvalue weighted by molar-refractivity contribution is 0.0531. The van der Waals surface area contributed by atoms with Gasteiger partial charge in [-0.15, -0.1) is 11.3 Å². The molecule has 1 amide bonds. The number of nitrogens with one attached hydrogen (secondary N) is 1. The summed E-state index contributed by atoms with van der Waals surface area (Å²) >= 11 is 1.03. The van der Waals surface area contributed by atoms with E-state index in [0.717, 1.165) is 17.1 Å². The Kier molecular flexibility index (Phi) is 5.75. The molecule has 0 radical (unpaired) electrons. The number of aromatic nitrogens is 1. The molecule has 0 bridgehead atoms. The lowest BCUT2D eigenvalue weighted by Crippen LogP contribution is -2.13. The summed E-state index contributed by atoms with van der Waals surface area (Å²) in [6.07, 6.45) is 0. The number of rotatable bonds is 5. The zero-order chi connectivity index (χ0) is 22.8. The fraction of sp³-hybridized carbons (Fsp3) is 0.167. The number of carbonyl (C=O) groups excluding carboxylic acids is 2. The highest BCUT2D eigenvalue weighted by molar-refractivity contribution is 7.18. The van der Waals surface area contributed by atoms with Crippen molar-refractivity contribution in [2.24, 2.45) is 0 Å². The van der Waals surface area contributed by atoms with Gasteiger partial charge in [0.15, 0.2) is 5.76 Å². The van der Waals surface area contributed by atoms with Gasteiger partial charge < -0.3 is 14.5 Å². The van der Waals surface area contributed by atoms with Crippen LogP contribution in [0.5, 0.6) is 0 Å². The van der Waals surface area contributed by atoms with Gasteiger partial charge in [-0.3, -0.25) is 4.79 Å². The standard InChI is InChI=1S/C24H19N3O4S/c1-4-30-24(29)21-14(3)17(12-25)23(32-21)27-22(28)16-11-19(20-10-9-13(2)31-20)26-18-8-6-5-7-15(16)18/h5-11H,4H2,1-3H3,(H,27,28). The first-order valence-electron chi connectivity index (χ1n) is 9.91. The van der Waals surface area contributed by atoms with Crippen LogP contribution in [0.25, 0.3) is 22.4 Å². The van der Waals surface area contributed by atoms with Crippen molar-refractivity contribution in [3.8, 4) is 17.5 Å². The van der Waals surface area contributed by atoms with Crippen molar-refractivity contribution < 1.29 is 18.7 Å². The molecule has 4 rings (SSSR count). The first-order chi connectivity index (χ1) is 15.4. The number of amides is 1. The van der Waals surface area contributed by atoms with Gasteiger partial charge in [0.25, 0.3) is 5.91 Å². The van der Waals surface area contributed by atoms with Crippen LogP contribution < -0.4 is 5.32 Å². The van der Waals surface area contributed by atoms with Crippen molar-refractivity contribution in [3.63, 3.8) is 0 Å². The summed E-state index contributed by atoms with van der Waals surface area (Å²) in [6.45, 7) is 5.43. The molecule has 0 saturated heterocycles. The zero-order valence-electron chi connectivity index (χ0n) is 17.7. The average Bonchev–Trinajstić information content (AvgIpc) is 3.35. The minimum atomic E-state index is -0.517. The minimum Gasteiger partial charge on any atom is -0.462 e. The summed E-state index contributed by atoms with van der Waals surface area (Å²) in [5.74, 6) is 0.356. The summed E-state index contributed by atoms with van der Waals surface area (Å²) < 4.78 is 10.8. The zero-order valence-corrected chi connectivity index (χ0v) is 18.5. The summed E-state index contributed by atoms with van der Waals surface area (Å²) in [6, 6.07) is 14.7. The number of aryl methyl sites for hydroxylation is 1. The average molecular weight is 446 g/mol. The number of esters is 1. The number of carbonyl (C=O) groups is 2. The number of fused-ring (bicyclic) bond motifs is 1. The fourth-order valence-corrected chi connectivity index (χ4v) is 4.41. The number of thiophene rings is 1. The number of ether oxygens (including phenoxy) is 1. The van der Waals surface area contributed by atoms with Crippen molar-refractivity contribution >= 4 is 39.1 Å². The maximum absolute atomic E-state index is 13.3. The number of pyridine rings is 1. The van der Waals surface area contributed by atoms with Gasteiger partial charge in [0, 0.05) is 5.39 Å². The van der Waals surface area contributed by atoms with Crippen LogP contribution in [-0.2, 0) is 4.74 Å². The quantitative estimate of drug-likeness (QED) is 0.408. The molecule has 0 unspecified atom stereocenters. The molecule has 0 aliphatic heterocycles. The summed E-state index contributed by atoms with van der Waals surface area (Å²) in [5.41, 5.74) is 2.27. The molecule has 1 aromatic carbocycles. The van der Waals surface area contributed by atoms with Crippen LogP contribution in [0.3, 0.4) is 0 Å². The molecule has 0 fully saturated rings. The molecule has 8 heteroatoms. The Morgan fingerprint density at radius 2 is 2.00 bits per heavy atom. The molecule has 160 valence electrons. The third-order valence-electron chi connectivity index (χ3n) is 4.90. The Balaban J connectivity index is 1.77. The third-order valence-corrected chi connectivity index (χ3v) is 6.09. The van der Waals surface area contributed by atoms with Gasteiger partial charge in [0.2, 0.25) is 0 Å². The van der Waals surface area contributed by atoms with E-state index in [9.17, 15) is 14.9 Å². The second kappa shape index (κ2) is 8.65. The normalized spacial score (nSPS) is 10.7. The number of benzene rings is 1. The van der Waals surface area contributed by atoms with Crippen LogP contribution in [-0.4, -0.2) is 23.5 Å². The number of anilines is 1. The van der Waals surface area contributed by atoms with Crippen molar-refractivity contribution in [1.82, 2.24) is 4.98 Å². The maximum Gasteiger partial charge on any atom is 0.348 e. The second-order valence-corrected chi connectivity index (χ2v) is 8.05. The van der Waals surface area contributed by atoms with Gasteiger partial charge >= 0.3 is 5.97 Å². The largest absolute Gasteiger partial charge is 0.462 e. The van der Waals surface area contributed by atoms with Crippen molar-refractivity contribution in [1.29, 1.82) is 5.26 Å². The molecule has 3 heterocycles. The Morgan fingerprint density at radius 3 is 2.69 bits per heavy atom. The third kappa shape index (κ3) is 3.86. The van der Waals surface area contributed by atoms with Crippen molar-refractivity contribution in [2.75, 3.05) is 11.9 Å². The van der Waals surface area contributed by atoms with Crippen LogP contribution in [0.1, 0.15) is 43.8 Å². The maximum atomic E-state index is 13.3.